The zero-order valence-electron chi connectivity index (χ0n) is 10.9. The molecule has 5 heteroatoms. The smallest absolute Gasteiger partial charge is 0.218 e. The highest BCUT2D eigenvalue weighted by Crippen LogP contribution is 2.41. The second-order valence-corrected chi connectivity index (χ2v) is 7.69. The third-order valence-corrected chi connectivity index (χ3v) is 5.97. The third-order valence-electron chi connectivity index (χ3n) is 4.19. The van der Waals surface area contributed by atoms with Gasteiger partial charge in [-0.15, -0.1) is 0 Å². The first kappa shape index (κ1) is 13.1. The molecule has 2 aliphatic rings. The molecular formula is C14H20N2O2S. The van der Waals surface area contributed by atoms with E-state index in [0.29, 0.717) is 24.9 Å². The average Bonchev–Trinajstić information content (AvgIpc) is 3.13. The van der Waals surface area contributed by atoms with Gasteiger partial charge in [0.15, 0.2) is 0 Å². The van der Waals surface area contributed by atoms with Crippen LogP contribution in [0, 0.1) is 11.8 Å². The summed E-state index contributed by atoms with van der Waals surface area (Å²) in [4.78, 5) is 0. The molecule has 0 bridgehead atoms. The molecule has 1 heterocycles. The van der Waals surface area contributed by atoms with Gasteiger partial charge >= 0.3 is 0 Å². The van der Waals surface area contributed by atoms with Gasteiger partial charge in [0.25, 0.3) is 0 Å². The van der Waals surface area contributed by atoms with Crippen LogP contribution in [0.15, 0.2) is 30.3 Å². The van der Waals surface area contributed by atoms with Crippen molar-refractivity contribution in [1.29, 1.82) is 0 Å². The van der Waals surface area contributed by atoms with Crippen LogP contribution in [0.2, 0.25) is 0 Å². The van der Waals surface area contributed by atoms with Crippen LogP contribution in [0.3, 0.4) is 0 Å². The zero-order chi connectivity index (χ0) is 13.5. The highest BCUT2D eigenvalue weighted by Gasteiger charge is 2.44. The Labute approximate surface area is 114 Å². The first-order chi connectivity index (χ1) is 9.06. The topological polar surface area (TPSA) is 63.4 Å². The molecule has 4 nitrogen and oxygen atoms in total. The van der Waals surface area contributed by atoms with E-state index in [4.69, 9.17) is 5.73 Å². The predicted octanol–water partition coefficient (Wildman–Crippen LogP) is 1.19. The lowest BCUT2D eigenvalue weighted by Gasteiger charge is -2.16. The maximum Gasteiger partial charge on any atom is 0.218 e. The lowest BCUT2D eigenvalue weighted by molar-refractivity contribution is 0.427. The van der Waals surface area contributed by atoms with E-state index in [1.807, 2.05) is 30.3 Å². The van der Waals surface area contributed by atoms with Crippen molar-refractivity contribution in [2.75, 3.05) is 13.1 Å². The van der Waals surface area contributed by atoms with Crippen LogP contribution >= 0.6 is 0 Å². The van der Waals surface area contributed by atoms with E-state index in [1.165, 1.54) is 12.8 Å². The molecule has 19 heavy (non-hydrogen) atoms. The molecule has 0 unspecified atom stereocenters. The number of rotatable bonds is 4. The van der Waals surface area contributed by atoms with E-state index in [1.54, 1.807) is 4.31 Å². The Balaban J connectivity index is 1.71. The minimum absolute atomic E-state index is 0.0121. The van der Waals surface area contributed by atoms with Gasteiger partial charge in [-0.25, -0.2) is 8.42 Å². The van der Waals surface area contributed by atoms with Crippen molar-refractivity contribution in [1.82, 2.24) is 4.31 Å². The maximum atomic E-state index is 12.4. The lowest BCUT2D eigenvalue weighted by Crippen LogP contribution is -2.33. The van der Waals surface area contributed by atoms with Crippen molar-refractivity contribution in [3.63, 3.8) is 0 Å². The molecule has 2 atom stereocenters. The Morgan fingerprint density at radius 2 is 1.84 bits per heavy atom. The fraction of sp³-hybridized carbons (Fsp3) is 0.571. The van der Waals surface area contributed by atoms with E-state index < -0.39 is 10.0 Å². The van der Waals surface area contributed by atoms with Crippen LogP contribution in [-0.2, 0) is 15.8 Å². The van der Waals surface area contributed by atoms with Gasteiger partial charge in [0.1, 0.15) is 0 Å². The Morgan fingerprint density at radius 1 is 1.16 bits per heavy atom. The molecule has 0 amide bonds. The highest BCUT2D eigenvalue weighted by atomic mass is 32.2. The van der Waals surface area contributed by atoms with Gasteiger partial charge in [0.2, 0.25) is 10.0 Å². The summed E-state index contributed by atoms with van der Waals surface area (Å²) in [7, 11) is -3.23. The highest BCUT2D eigenvalue weighted by molar-refractivity contribution is 7.88. The largest absolute Gasteiger partial charge is 0.326 e. The summed E-state index contributed by atoms with van der Waals surface area (Å²) in [5.74, 6) is 1.11. The molecule has 1 aromatic carbocycles. The Morgan fingerprint density at radius 3 is 2.47 bits per heavy atom. The molecular weight excluding hydrogens is 260 g/mol. The van der Waals surface area contributed by atoms with Crippen molar-refractivity contribution in [2.24, 2.45) is 17.6 Å². The molecule has 2 N–H and O–H groups in total. The van der Waals surface area contributed by atoms with E-state index in [-0.39, 0.29) is 11.8 Å². The quantitative estimate of drug-likeness (QED) is 0.901. The fourth-order valence-corrected chi connectivity index (χ4v) is 4.54. The number of nitrogens with zero attached hydrogens (tertiary/aromatic N) is 1. The van der Waals surface area contributed by atoms with Crippen LogP contribution in [0.5, 0.6) is 0 Å². The van der Waals surface area contributed by atoms with E-state index in [0.717, 1.165) is 5.56 Å². The normalized spacial score (nSPS) is 28.7. The Bertz CT molecular complexity index is 540. The van der Waals surface area contributed by atoms with Crippen molar-refractivity contribution >= 4 is 10.0 Å². The molecule has 1 aromatic rings. The Kier molecular flexibility index (Phi) is 3.37. The molecule has 3 rings (SSSR count). The van der Waals surface area contributed by atoms with E-state index in [2.05, 4.69) is 0 Å². The summed E-state index contributed by atoms with van der Waals surface area (Å²) < 4.78 is 26.4. The number of nitrogens with two attached hydrogens (primary N) is 1. The summed E-state index contributed by atoms with van der Waals surface area (Å²) >= 11 is 0. The van der Waals surface area contributed by atoms with E-state index >= 15 is 0 Å². The molecule has 1 aliphatic heterocycles. The molecule has 1 saturated carbocycles. The predicted molar refractivity (Wildman–Crippen MR) is 74.8 cm³/mol. The van der Waals surface area contributed by atoms with Crippen LogP contribution in [0.25, 0.3) is 0 Å². The summed E-state index contributed by atoms with van der Waals surface area (Å²) in [6.07, 6.45) is 2.43. The number of benzene rings is 1. The maximum absolute atomic E-state index is 12.4. The van der Waals surface area contributed by atoms with E-state index in [9.17, 15) is 8.42 Å². The minimum atomic E-state index is -3.23. The summed E-state index contributed by atoms with van der Waals surface area (Å²) in [6, 6.07) is 9.35. The fourth-order valence-electron chi connectivity index (χ4n) is 2.94. The average molecular weight is 280 g/mol. The molecule has 104 valence electrons. The van der Waals surface area contributed by atoms with Crippen molar-refractivity contribution < 1.29 is 8.42 Å². The molecule has 0 spiro atoms. The summed E-state index contributed by atoms with van der Waals surface area (Å²) in [5, 5.41) is 0. The monoisotopic (exact) mass is 280 g/mol. The minimum Gasteiger partial charge on any atom is -0.326 e. The number of hydrogen-bond acceptors (Lipinski definition) is 3. The van der Waals surface area contributed by atoms with Gasteiger partial charge in [-0.1, -0.05) is 30.3 Å². The Hall–Kier alpha value is -0.910. The molecule has 0 radical (unpaired) electrons. The first-order valence-electron chi connectivity index (χ1n) is 6.83. The third kappa shape index (κ3) is 2.83. The molecule has 2 fully saturated rings. The van der Waals surface area contributed by atoms with Gasteiger partial charge in [0, 0.05) is 19.1 Å². The summed E-state index contributed by atoms with van der Waals surface area (Å²) in [5.41, 5.74) is 6.93. The van der Waals surface area contributed by atoms with Crippen LogP contribution in [-0.4, -0.2) is 31.9 Å². The second kappa shape index (κ2) is 4.89. The van der Waals surface area contributed by atoms with Gasteiger partial charge in [-0.2, -0.15) is 4.31 Å². The van der Waals surface area contributed by atoms with Crippen LogP contribution in [0.1, 0.15) is 18.4 Å². The van der Waals surface area contributed by atoms with Gasteiger partial charge in [0.05, 0.1) is 5.75 Å². The van der Waals surface area contributed by atoms with Crippen molar-refractivity contribution in [3.05, 3.63) is 35.9 Å². The van der Waals surface area contributed by atoms with Crippen molar-refractivity contribution in [3.8, 4) is 0 Å². The van der Waals surface area contributed by atoms with Gasteiger partial charge in [-0.05, 0) is 30.2 Å². The number of hydrogen-bond donors (Lipinski definition) is 1. The first-order valence-corrected chi connectivity index (χ1v) is 8.44. The van der Waals surface area contributed by atoms with Crippen molar-refractivity contribution in [2.45, 2.75) is 24.6 Å². The second-order valence-electron chi connectivity index (χ2n) is 5.72. The molecule has 0 aromatic heterocycles. The molecule has 1 aliphatic carbocycles. The SMILES string of the molecule is N[C@@H]1CN(S(=O)(=O)Cc2ccccc2)C[C@H]1C1CC1. The van der Waals surface area contributed by atoms with Gasteiger partial charge < -0.3 is 5.73 Å². The summed E-state index contributed by atoms with van der Waals surface area (Å²) in [6.45, 7) is 1.09. The lowest BCUT2D eigenvalue weighted by atomic mass is 9.99. The van der Waals surface area contributed by atoms with Crippen LogP contribution in [0.4, 0.5) is 0 Å². The zero-order valence-corrected chi connectivity index (χ0v) is 11.7. The number of sulfonamides is 1. The van der Waals surface area contributed by atoms with Gasteiger partial charge in [-0.3, -0.25) is 0 Å². The molecule has 1 saturated heterocycles. The standard InChI is InChI=1S/C14H20N2O2S/c15-14-9-16(8-13(14)12-6-7-12)19(17,18)10-11-4-2-1-3-5-11/h1-5,12-14H,6-10,15H2/t13-,14+/m0/s1. The van der Waals surface area contributed by atoms with Crippen LogP contribution < -0.4 is 5.73 Å².